The lowest BCUT2D eigenvalue weighted by atomic mass is 10.1. The predicted octanol–water partition coefficient (Wildman–Crippen LogP) is 12.4. The Balaban J connectivity index is 1.06. The van der Waals surface area contributed by atoms with Gasteiger partial charge in [-0.05, 0) is 68.3 Å². The molecule has 3 aromatic heterocycles. The lowest BCUT2D eigenvalue weighted by molar-refractivity contribution is 0.953. The Hall–Kier alpha value is -8.97. The molecule has 0 N–H and O–H groups in total. The second-order valence-electron chi connectivity index (χ2n) is 17.6. The van der Waals surface area contributed by atoms with Crippen LogP contribution >= 0.6 is 0 Å². The van der Waals surface area contributed by atoms with E-state index in [2.05, 4.69) is 270 Å². The van der Waals surface area contributed by atoms with E-state index < -0.39 is 8.07 Å². The first-order valence-corrected chi connectivity index (χ1v) is 25.4. The third kappa shape index (κ3) is 6.72. The van der Waals surface area contributed by atoms with Crippen LogP contribution in [0.5, 0.6) is 0 Å². The molecular weight excluding hydrogens is 855 g/mol. The van der Waals surface area contributed by atoms with Crippen molar-refractivity contribution >= 4 is 72.4 Å². The van der Waals surface area contributed by atoms with Crippen molar-refractivity contribution in [2.45, 2.75) is 0 Å². The van der Waals surface area contributed by atoms with Crippen molar-refractivity contribution in [2.24, 2.45) is 0 Å². The van der Waals surface area contributed by atoms with Gasteiger partial charge in [0.05, 0.1) is 22.1 Å². The fraction of sp³-hybridized carbons (Fsp3) is 0. The largest absolute Gasteiger partial charge is 0.309 e. The molecule has 0 radical (unpaired) electrons. The van der Waals surface area contributed by atoms with Crippen molar-refractivity contribution in [2.75, 3.05) is 0 Å². The van der Waals surface area contributed by atoms with Crippen LogP contribution < -0.4 is 20.7 Å². The first-order valence-electron chi connectivity index (χ1n) is 23.4. The highest BCUT2D eigenvalue weighted by atomic mass is 28.3. The number of rotatable bonds is 9. The van der Waals surface area contributed by atoms with Gasteiger partial charge in [0, 0.05) is 38.4 Å². The molecule has 0 unspecified atom stereocenters. The molecule has 69 heavy (non-hydrogen) atoms. The van der Waals surface area contributed by atoms with E-state index in [1.807, 2.05) is 0 Å². The zero-order valence-corrected chi connectivity index (χ0v) is 38.6. The third-order valence-corrected chi connectivity index (χ3v) is 18.5. The van der Waals surface area contributed by atoms with Crippen LogP contribution in [0.15, 0.2) is 261 Å². The number of nitrogens with zero attached hydrogens (tertiary/aromatic N) is 5. The monoisotopic (exact) mass is 897 g/mol. The number of hydrogen-bond acceptors (Lipinski definition) is 3. The lowest BCUT2D eigenvalue weighted by Gasteiger charge is -2.35. The molecule has 0 fully saturated rings. The smallest absolute Gasteiger partial charge is 0.238 e. The summed E-state index contributed by atoms with van der Waals surface area (Å²) in [6.07, 6.45) is 0. The van der Waals surface area contributed by atoms with Crippen LogP contribution in [-0.2, 0) is 0 Å². The Morgan fingerprint density at radius 2 is 0.623 bits per heavy atom. The minimum Gasteiger partial charge on any atom is -0.309 e. The second kappa shape index (κ2) is 16.7. The van der Waals surface area contributed by atoms with Crippen molar-refractivity contribution in [1.82, 2.24) is 24.1 Å². The Kier molecular flexibility index (Phi) is 9.77. The van der Waals surface area contributed by atoms with Crippen molar-refractivity contribution in [3.8, 4) is 45.5 Å². The minimum absolute atomic E-state index is 0.560. The van der Waals surface area contributed by atoms with E-state index in [1.54, 1.807) is 0 Å². The standard InChI is InChI=1S/C63H43N5Si/c1-4-21-44(22-5-1)45-23-19-31-51(42-45)69(49-27-6-2-7-28-49,50-29-8-3-9-30-50)52-32-20-25-47(43-52)62-64-61(65-63(66-62)68-59-39-16-12-35-55(59)56-36-13-17-40-60(56)68)46-24-18-26-48(41-46)67-57-37-14-10-33-53(57)54-34-11-15-38-58(54)67/h1-43H. The van der Waals surface area contributed by atoms with Crippen LogP contribution in [0.2, 0.25) is 0 Å². The molecule has 6 heteroatoms. The molecule has 0 saturated carbocycles. The van der Waals surface area contributed by atoms with Gasteiger partial charge in [-0.2, -0.15) is 9.97 Å². The van der Waals surface area contributed by atoms with Crippen LogP contribution in [0.1, 0.15) is 0 Å². The summed E-state index contributed by atoms with van der Waals surface area (Å²) in [7, 11) is -3.01. The summed E-state index contributed by atoms with van der Waals surface area (Å²) in [5.74, 6) is 1.75. The Morgan fingerprint density at radius 3 is 1.13 bits per heavy atom. The Labute approximate surface area is 400 Å². The van der Waals surface area contributed by atoms with Gasteiger partial charge in [0.15, 0.2) is 19.7 Å². The van der Waals surface area contributed by atoms with E-state index in [1.165, 1.54) is 42.6 Å². The quantitative estimate of drug-likeness (QED) is 0.107. The van der Waals surface area contributed by atoms with Crippen molar-refractivity contribution in [1.29, 1.82) is 0 Å². The maximum atomic E-state index is 5.47. The van der Waals surface area contributed by atoms with E-state index in [4.69, 9.17) is 15.0 Å². The van der Waals surface area contributed by atoms with Gasteiger partial charge in [0.2, 0.25) is 5.95 Å². The van der Waals surface area contributed by atoms with E-state index in [9.17, 15) is 0 Å². The second-order valence-corrected chi connectivity index (χ2v) is 21.4. The van der Waals surface area contributed by atoms with Gasteiger partial charge in [-0.3, -0.25) is 4.57 Å². The number of para-hydroxylation sites is 4. The Bertz CT molecular complexity index is 3880. The fourth-order valence-electron chi connectivity index (χ4n) is 10.7. The molecule has 0 saturated heterocycles. The highest BCUT2D eigenvalue weighted by Crippen LogP contribution is 2.35. The van der Waals surface area contributed by atoms with Gasteiger partial charge >= 0.3 is 0 Å². The van der Waals surface area contributed by atoms with Gasteiger partial charge in [0.1, 0.15) is 0 Å². The molecule has 0 atom stereocenters. The van der Waals surface area contributed by atoms with Crippen LogP contribution in [0, 0.1) is 0 Å². The molecule has 0 aliphatic rings. The molecule has 0 aliphatic heterocycles. The minimum atomic E-state index is -3.01. The first kappa shape index (κ1) is 40.3. The molecule has 13 aromatic rings. The number of fused-ring (bicyclic) bond motifs is 6. The van der Waals surface area contributed by atoms with Crippen molar-refractivity contribution < 1.29 is 0 Å². The Morgan fingerprint density at radius 1 is 0.261 bits per heavy atom. The molecular formula is C63H43N5Si. The van der Waals surface area contributed by atoms with Gasteiger partial charge in [-0.25, -0.2) is 4.98 Å². The summed E-state index contributed by atoms with van der Waals surface area (Å²) < 4.78 is 4.54. The van der Waals surface area contributed by atoms with Crippen LogP contribution in [0.3, 0.4) is 0 Å². The molecule has 10 aromatic carbocycles. The number of aromatic nitrogens is 5. The first-order chi connectivity index (χ1) is 34.2. The SMILES string of the molecule is c1ccc(-c2cccc([Si](c3ccccc3)(c3ccccc3)c3cccc(-c4nc(-c5cccc(-n6c7ccccc7c7ccccc76)c5)nc(-n5c6ccccc6c6ccccc65)n4)c3)c2)cc1. The number of hydrogen-bond donors (Lipinski definition) is 0. The van der Waals surface area contributed by atoms with Crippen LogP contribution in [0.25, 0.3) is 89.2 Å². The maximum Gasteiger partial charge on any atom is 0.238 e. The third-order valence-electron chi connectivity index (χ3n) is 13.7. The van der Waals surface area contributed by atoms with E-state index >= 15 is 0 Å². The normalized spacial score (nSPS) is 11.8. The van der Waals surface area contributed by atoms with E-state index in [0.29, 0.717) is 17.6 Å². The zero-order valence-electron chi connectivity index (χ0n) is 37.6. The summed E-state index contributed by atoms with van der Waals surface area (Å²) in [4.78, 5) is 16.3. The summed E-state index contributed by atoms with van der Waals surface area (Å²) in [6.45, 7) is 0. The number of benzene rings is 10. The van der Waals surface area contributed by atoms with E-state index in [-0.39, 0.29) is 0 Å². The highest BCUT2D eigenvalue weighted by molar-refractivity contribution is 7.20. The molecule has 13 rings (SSSR count). The molecule has 0 aliphatic carbocycles. The highest BCUT2D eigenvalue weighted by Gasteiger charge is 2.42. The molecule has 3 heterocycles. The topological polar surface area (TPSA) is 48.5 Å². The van der Waals surface area contributed by atoms with Gasteiger partial charge in [0.25, 0.3) is 0 Å². The summed E-state index contributed by atoms with van der Waals surface area (Å²) >= 11 is 0. The van der Waals surface area contributed by atoms with Gasteiger partial charge in [-0.1, -0.05) is 224 Å². The molecule has 0 spiro atoms. The molecule has 324 valence electrons. The zero-order chi connectivity index (χ0) is 45.7. The fourth-order valence-corrected chi connectivity index (χ4v) is 15.5. The van der Waals surface area contributed by atoms with Crippen molar-refractivity contribution in [3.63, 3.8) is 0 Å². The summed E-state index contributed by atoms with van der Waals surface area (Å²) in [5, 5.41) is 9.83. The van der Waals surface area contributed by atoms with E-state index in [0.717, 1.165) is 49.7 Å². The van der Waals surface area contributed by atoms with Gasteiger partial charge < -0.3 is 4.57 Å². The lowest BCUT2D eigenvalue weighted by Crippen LogP contribution is -2.74. The summed E-state index contributed by atoms with van der Waals surface area (Å²) in [6, 6.07) is 94.0. The molecule has 5 nitrogen and oxygen atoms in total. The molecule has 0 bridgehead atoms. The average molecular weight is 898 g/mol. The van der Waals surface area contributed by atoms with Crippen LogP contribution in [-0.4, -0.2) is 32.2 Å². The summed E-state index contributed by atoms with van der Waals surface area (Å²) in [5.41, 5.74) is 9.59. The maximum absolute atomic E-state index is 5.47. The van der Waals surface area contributed by atoms with Crippen LogP contribution in [0.4, 0.5) is 0 Å². The van der Waals surface area contributed by atoms with Gasteiger partial charge in [-0.15, -0.1) is 0 Å². The predicted molar refractivity (Wildman–Crippen MR) is 288 cm³/mol. The average Bonchev–Trinajstić information content (AvgIpc) is 3.95. The molecule has 0 amide bonds. The van der Waals surface area contributed by atoms with Crippen molar-refractivity contribution in [3.05, 3.63) is 261 Å².